The van der Waals surface area contributed by atoms with Gasteiger partial charge in [-0.25, -0.2) is 0 Å². The Morgan fingerprint density at radius 3 is 1.62 bits per heavy atom. The van der Waals surface area contributed by atoms with Crippen molar-refractivity contribution in [2.75, 3.05) is 21.3 Å². The smallest absolute Gasteiger partial charge is 0.203 e. The maximum absolute atomic E-state index is 5.39. The summed E-state index contributed by atoms with van der Waals surface area (Å²) in [4.78, 5) is 0. The van der Waals surface area contributed by atoms with E-state index in [1.54, 1.807) is 21.3 Å². The minimum atomic E-state index is 0.166. The molecule has 3 heteroatoms. The SMILES string of the molecule is COc1cc(/C=C\c2ccc(C(C)(C)C)cc2)cc(OC)c1OC. The zero-order chi connectivity index (χ0) is 17.7. The zero-order valence-electron chi connectivity index (χ0n) is 15.3. The van der Waals surface area contributed by atoms with Crippen LogP contribution < -0.4 is 14.2 Å². The van der Waals surface area contributed by atoms with E-state index < -0.39 is 0 Å². The molecule has 0 aliphatic carbocycles. The van der Waals surface area contributed by atoms with Gasteiger partial charge < -0.3 is 14.2 Å². The first kappa shape index (κ1) is 17.9. The molecule has 2 aromatic rings. The molecule has 128 valence electrons. The van der Waals surface area contributed by atoms with Crippen molar-refractivity contribution in [2.24, 2.45) is 0 Å². The van der Waals surface area contributed by atoms with E-state index in [1.165, 1.54) is 5.56 Å². The van der Waals surface area contributed by atoms with Gasteiger partial charge in [-0.05, 0) is 34.2 Å². The van der Waals surface area contributed by atoms with Crippen LogP contribution in [-0.2, 0) is 5.41 Å². The number of rotatable bonds is 5. The van der Waals surface area contributed by atoms with E-state index in [9.17, 15) is 0 Å². The topological polar surface area (TPSA) is 27.7 Å². The van der Waals surface area contributed by atoms with Crippen LogP contribution in [0.25, 0.3) is 12.2 Å². The minimum Gasteiger partial charge on any atom is -0.493 e. The van der Waals surface area contributed by atoms with Crippen LogP contribution in [0.5, 0.6) is 17.2 Å². The fourth-order valence-corrected chi connectivity index (χ4v) is 2.48. The fourth-order valence-electron chi connectivity index (χ4n) is 2.48. The monoisotopic (exact) mass is 326 g/mol. The van der Waals surface area contributed by atoms with Crippen molar-refractivity contribution < 1.29 is 14.2 Å². The predicted octanol–water partition coefficient (Wildman–Crippen LogP) is 5.18. The molecule has 0 aliphatic heterocycles. The largest absolute Gasteiger partial charge is 0.493 e. The molecule has 0 saturated heterocycles. The number of ether oxygens (including phenoxy) is 3. The van der Waals surface area contributed by atoms with Gasteiger partial charge in [0.15, 0.2) is 11.5 Å². The Morgan fingerprint density at radius 2 is 1.21 bits per heavy atom. The third-order valence-electron chi connectivity index (χ3n) is 3.93. The first-order valence-corrected chi connectivity index (χ1v) is 7.97. The van der Waals surface area contributed by atoms with E-state index in [4.69, 9.17) is 14.2 Å². The van der Waals surface area contributed by atoms with Gasteiger partial charge >= 0.3 is 0 Å². The summed E-state index contributed by atoms with van der Waals surface area (Å²) in [6.45, 7) is 6.65. The number of methoxy groups -OCH3 is 3. The van der Waals surface area contributed by atoms with E-state index in [0.29, 0.717) is 17.2 Å². The second kappa shape index (κ2) is 7.43. The van der Waals surface area contributed by atoms with Crippen molar-refractivity contribution in [1.82, 2.24) is 0 Å². The van der Waals surface area contributed by atoms with Crippen LogP contribution in [-0.4, -0.2) is 21.3 Å². The van der Waals surface area contributed by atoms with Crippen molar-refractivity contribution in [1.29, 1.82) is 0 Å². The highest BCUT2D eigenvalue weighted by atomic mass is 16.5. The number of benzene rings is 2. The van der Waals surface area contributed by atoms with E-state index in [0.717, 1.165) is 11.1 Å². The minimum absolute atomic E-state index is 0.166. The Bertz CT molecular complexity index is 682. The molecule has 0 amide bonds. The van der Waals surface area contributed by atoms with Crippen molar-refractivity contribution in [3.8, 4) is 17.2 Å². The summed E-state index contributed by atoms with van der Waals surface area (Å²) < 4.78 is 16.1. The standard InChI is InChI=1S/C21H26O3/c1-21(2,3)17-11-9-15(10-12-17)7-8-16-13-18(22-4)20(24-6)19(14-16)23-5/h7-14H,1-6H3/b8-7-. The summed E-state index contributed by atoms with van der Waals surface area (Å²) in [6, 6.07) is 12.5. The highest BCUT2D eigenvalue weighted by Gasteiger charge is 2.13. The molecule has 3 nitrogen and oxygen atoms in total. The molecule has 0 spiro atoms. The molecule has 0 atom stereocenters. The van der Waals surface area contributed by atoms with E-state index in [1.807, 2.05) is 18.2 Å². The molecule has 0 saturated carbocycles. The molecule has 0 heterocycles. The Morgan fingerprint density at radius 1 is 0.708 bits per heavy atom. The highest BCUT2D eigenvalue weighted by molar-refractivity contribution is 5.72. The summed E-state index contributed by atoms with van der Waals surface area (Å²) in [6.07, 6.45) is 4.11. The average molecular weight is 326 g/mol. The van der Waals surface area contributed by atoms with Gasteiger partial charge in [-0.2, -0.15) is 0 Å². The van der Waals surface area contributed by atoms with E-state index in [-0.39, 0.29) is 5.41 Å². The summed E-state index contributed by atoms with van der Waals surface area (Å²) in [5.41, 5.74) is 3.63. The lowest BCUT2D eigenvalue weighted by atomic mass is 9.87. The Balaban J connectivity index is 2.28. The Labute approximate surface area is 144 Å². The lowest BCUT2D eigenvalue weighted by Crippen LogP contribution is -2.10. The first-order chi connectivity index (χ1) is 11.4. The number of hydrogen-bond donors (Lipinski definition) is 0. The van der Waals surface area contributed by atoms with Crippen LogP contribution in [0.2, 0.25) is 0 Å². The van der Waals surface area contributed by atoms with Crippen molar-refractivity contribution in [3.05, 3.63) is 53.1 Å². The van der Waals surface area contributed by atoms with E-state index in [2.05, 4.69) is 51.1 Å². The highest BCUT2D eigenvalue weighted by Crippen LogP contribution is 2.38. The Kier molecular flexibility index (Phi) is 5.55. The maximum Gasteiger partial charge on any atom is 0.203 e. The lowest BCUT2D eigenvalue weighted by Gasteiger charge is -2.18. The summed E-state index contributed by atoms with van der Waals surface area (Å²) in [7, 11) is 4.85. The second-order valence-corrected chi connectivity index (χ2v) is 6.66. The predicted molar refractivity (Wildman–Crippen MR) is 100 cm³/mol. The molecular weight excluding hydrogens is 300 g/mol. The van der Waals surface area contributed by atoms with Crippen LogP contribution in [0.15, 0.2) is 36.4 Å². The Hall–Kier alpha value is -2.42. The third-order valence-corrected chi connectivity index (χ3v) is 3.93. The van der Waals surface area contributed by atoms with Gasteiger partial charge in [0, 0.05) is 0 Å². The van der Waals surface area contributed by atoms with Crippen LogP contribution in [0, 0.1) is 0 Å². The van der Waals surface area contributed by atoms with Gasteiger partial charge in [0.2, 0.25) is 5.75 Å². The van der Waals surface area contributed by atoms with Gasteiger partial charge in [-0.15, -0.1) is 0 Å². The molecule has 0 aromatic heterocycles. The van der Waals surface area contributed by atoms with Gasteiger partial charge in [0.25, 0.3) is 0 Å². The van der Waals surface area contributed by atoms with Crippen LogP contribution in [0.3, 0.4) is 0 Å². The van der Waals surface area contributed by atoms with Crippen LogP contribution in [0.4, 0.5) is 0 Å². The normalized spacial score (nSPS) is 11.6. The van der Waals surface area contributed by atoms with Crippen LogP contribution in [0.1, 0.15) is 37.5 Å². The summed E-state index contributed by atoms with van der Waals surface area (Å²) >= 11 is 0. The molecule has 0 aliphatic rings. The lowest BCUT2D eigenvalue weighted by molar-refractivity contribution is 0.324. The average Bonchev–Trinajstić information content (AvgIpc) is 2.58. The van der Waals surface area contributed by atoms with Gasteiger partial charge in [0.05, 0.1) is 21.3 Å². The van der Waals surface area contributed by atoms with Crippen molar-refractivity contribution in [2.45, 2.75) is 26.2 Å². The summed E-state index contributed by atoms with van der Waals surface area (Å²) in [5.74, 6) is 1.91. The zero-order valence-corrected chi connectivity index (χ0v) is 15.3. The molecule has 0 fully saturated rings. The molecule has 0 N–H and O–H groups in total. The molecule has 0 bridgehead atoms. The van der Waals surface area contributed by atoms with Crippen LogP contribution >= 0.6 is 0 Å². The maximum atomic E-state index is 5.39. The quantitative estimate of drug-likeness (QED) is 0.709. The number of hydrogen-bond acceptors (Lipinski definition) is 3. The summed E-state index contributed by atoms with van der Waals surface area (Å²) in [5, 5.41) is 0. The third kappa shape index (κ3) is 4.10. The van der Waals surface area contributed by atoms with Gasteiger partial charge in [-0.3, -0.25) is 0 Å². The second-order valence-electron chi connectivity index (χ2n) is 6.66. The molecule has 24 heavy (non-hydrogen) atoms. The molecule has 0 radical (unpaired) electrons. The molecule has 0 unspecified atom stereocenters. The van der Waals surface area contributed by atoms with Gasteiger partial charge in [-0.1, -0.05) is 57.2 Å². The molecule has 2 aromatic carbocycles. The molecular formula is C21H26O3. The van der Waals surface area contributed by atoms with Gasteiger partial charge in [0.1, 0.15) is 0 Å². The van der Waals surface area contributed by atoms with Crippen molar-refractivity contribution in [3.63, 3.8) is 0 Å². The van der Waals surface area contributed by atoms with Crippen molar-refractivity contribution >= 4 is 12.2 Å². The fraction of sp³-hybridized carbons (Fsp3) is 0.333. The van der Waals surface area contributed by atoms with E-state index >= 15 is 0 Å². The molecule has 2 rings (SSSR count). The first-order valence-electron chi connectivity index (χ1n) is 7.97.